The molecule has 35 heavy (non-hydrogen) atoms. The molecule has 0 aliphatic carbocycles. The minimum atomic E-state index is -0.929. The van der Waals surface area contributed by atoms with Crippen molar-refractivity contribution in [1.82, 2.24) is 10.2 Å². The predicted molar refractivity (Wildman–Crippen MR) is 134 cm³/mol. The molecular weight excluding hydrogens is 444 g/mol. The van der Waals surface area contributed by atoms with E-state index in [2.05, 4.69) is 29.0 Å². The second-order valence-electron chi connectivity index (χ2n) is 8.41. The summed E-state index contributed by atoms with van der Waals surface area (Å²) >= 11 is 0. The van der Waals surface area contributed by atoms with E-state index < -0.39 is 11.9 Å². The molecule has 1 aliphatic heterocycles. The van der Waals surface area contributed by atoms with Gasteiger partial charge in [-0.25, -0.2) is 0 Å². The quantitative estimate of drug-likeness (QED) is 0.239. The van der Waals surface area contributed by atoms with Crippen LogP contribution in [0.3, 0.4) is 0 Å². The van der Waals surface area contributed by atoms with E-state index in [9.17, 15) is 15.3 Å². The molecule has 3 rings (SSSR count). The minimum Gasteiger partial charge on any atom is -0.504 e. The van der Waals surface area contributed by atoms with E-state index in [1.54, 1.807) is 30.3 Å². The number of aliphatic hydroxyl groups is 1. The van der Waals surface area contributed by atoms with Crippen LogP contribution in [0.5, 0.6) is 23.0 Å². The first-order chi connectivity index (χ1) is 16.8. The maximum absolute atomic E-state index is 10.3. The number of terminal acetylenes is 2. The van der Waals surface area contributed by atoms with Gasteiger partial charge >= 0.3 is 0 Å². The molecule has 0 spiro atoms. The third kappa shape index (κ3) is 7.34. The largest absolute Gasteiger partial charge is 0.504 e. The Labute approximate surface area is 206 Å². The summed E-state index contributed by atoms with van der Waals surface area (Å²) < 4.78 is 12.0. The predicted octanol–water partition coefficient (Wildman–Crippen LogP) is 2.41. The van der Waals surface area contributed by atoms with Crippen molar-refractivity contribution in [3.8, 4) is 59.5 Å². The Morgan fingerprint density at radius 2 is 1.80 bits per heavy atom. The molecule has 0 saturated heterocycles. The number of phenols is 2. The SMILES string of the molecule is C#CCNCC(O)c1ccc2c(c1)OC(C)(CC#CCN(CC#C)CCc1ccc(O)c(O)c1)O2. The summed E-state index contributed by atoms with van der Waals surface area (Å²) in [5, 5.41) is 32.4. The number of nitrogens with one attached hydrogen (secondary N) is 1. The van der Waals surface area contributed by atoms with Crippen molar-refractivity contribution >= 4 is 0 Å². The molecule has 2 unspecified atom stereocenters. The van der Waals surface area contributed by atoms with Crippen molar-refractivity contribution in [3.63, 3.8) is 0 Å². The highest BCUT2D eigenvalue weighted by atomic mass is 16.7. The van der Waals surface area contributed by atoms with E-state index in [1.165, 1.54) is 6.07 Å². The summed E-state index contributed by atoms with van der Waals surface area (Å²) in [6, 6.07) is 10.1. The number of hydrogen-bond acceptors (Lipinski definition) is 7. The molecular formula is C28H30N2O5. The minimum absolute atomic E-state index is 0.140. The van der Waals surface area contributed by atoms with Gasteiger partial charge in [0.25, 0.3) is 5.79 Å². The normalized spacial score (nSPS) is 16.7. The molecule has 2 aromatic rings. The van der Waals surface area contributed by atoms with E-state index in [1.807, 2.05) is 11.8 Å². The van der Waals surface area contributed by atoms with Crippen LogP contribution in [0.25, 0.3) is 0 Å². The number of nitrogens with zero attached hydrogens (tertiary/aromatic N) is 1. The number of rotatable bonds is 10. The second kappa shape index (κ2) is 12.1. The highest BCUT2D eigenvalue weighted by molar-refractivity contribution is 5.46. The number of aromatic hydroxyl groups is 2. The van der Waals surface area contributed by atoms with Crippen molar-refractivity contribution in [3.05, 3.63) is 47.5 Å². The van der Waals surface area contributed by atoms with Crippen LogP contribution in [-0.2, 0) is 6.42 Å². The Morgan fingerprint density at radius 1 is 1.00 bits per heavy atom. The summed E-state index contributed by atoms with van der Waals surface area (Å²) in [5.41, 5.74) is 1.60. The van der Waals surface area contributed by atoms with Gasteiger partial charge in [0.05, 0.1) is 32.2 Å². The molecule has 1 aliphatic rings. The van der Waals surface area contributed by atoms with Gasteiger partial charge in [-0.2, -0.15) is 0 Å². The zero-order chi connectivity index (χ0) is 25.3. The van der Waals surface area contributed by atoms with E-state index in [0.717, 1.165) is 5.56 Å². The maximum Gasteiger partial charge on any atom is 0.259 e. The lowest BCUT2D eigenvalue weighted by atomic mass is 10.1. The molecule has 0 aromatic heterocycles. The number of phenolic OH excluding ortho intramolecular Hbond substituents is 2. The van der Waals surface area contributed by atoms with Crippen LogP contribution in [0.1, 0.15) is 30.6 Å². The van der Waals surface area contributed by atoms with Gasteiger partial charge in [0.1, 0.15) is 0 Å². The number of ether oxygens (including phenoxy) is 2. The fourth-order valence-electron chi connectivity index (χ4n) is 3.60. The van der Waals surface area contributed by atoms with Crippen LogP contribution in [-0.4, -0.2) is 58.7 Å². The van der Waals surface area contributed by atoms with Gasteiger partial charge < -0.3 is 30.1 Å². The Morgan fingerprint density at radius 3 is 2.54 bits per heavy atom. The molecule has 0 saturated carbocycles. The third-order valence-electron chi connectivity index (χ3n) is 5.48. The first-order valence-corrected chi connectivity index (χ1v) is 11.3. The molecule has 2 atom stereocenters. The third-order valence-corrected chi connectivity index (χ3v) is 5.48. The lowest BCUT2D eigenvalue weighted by molar-refractivity contribution is -0.0563. The first-order valence-electron chi connectivity index (χ1n) is 11.3. The maximum atomic E-state index is 10.3. The Hall–Kier alpha value is -3.80. The zero-order valence-electron chi connectivity index (χ0n) is 19.8. The summed E-state index contributed by atoms with van der Waals surface area (Å²) in [4.78, 5) is 2.02. The molecule has 0 radical (unpaired) electrons. The number of aliphatic hydroxyl groups excluding tert-OH is 1. The lowest BCUT2D eigenvalue weighted by Gasteiger charge is -2.20. The van der Waals surface area contributed by atoms with E-state index in [4.69, 9.17) is 22.3 Å². The standard InChI is InChI=1S/C28H30N2O5/c1-4-14-29-20-25(33)22-9-11-26-27(19-22)35-28(3,34-26)13-6-7-16-30(15-5-2)17-12-21-8-10-23(31)24(32)18-21/h1-2,8-11,18-19,25,29,31-33H,12-17,20H2,3H3. The molecule has 0 bridgehead atoms. The van der Waals surface area contributed by atoms with Gasteiger partial charge in [-0.3, -0.25) is 4.90 Å². The van der Waals surface area contributed by atoms with Crippen LogP contribution >= 0.6 is 0 Å². The molecule has 7 heteroatoms. The highest BCUT2D eigenvalue weighted by Crippen LogP contribution is 2.41. The lowest BCUT2D eigenvalue weighted by Crippen LogP contribution is -2.34. The Bertz CT molecular complexity index is 1170. The molecule has 4 N–H and O–H groups in total. The van der Waals surface area contributed by atoms with Gasteiger partial charge in [0.15, 0.2) is 23.0 Å². The molecule has 0 fully saturated rings. The van der Waals surface area contributed by atoms with Gasteiger partial charge in [0, 0.05) is 20.0 Å². The van der Waals surface area contributed by atoms with Crippen LogP contribution in [0.15, 0.2) is 36.4 Å². The van der Waals surface area contributed by atoms with E-state index >= 15 is 0 Å². The topological polar surface area (TPSA) is 94.4 Å². The summed E-state index contributed by atoms with van der Waals surface area (Å²) in [6.07, 6.45) is 11.0. The average molecular weight is 475 g/mol. The number of fused-ring (bicyclic) bond motifs is 1. The molecule has 2 aromatic carbocycles. The zero-order valence-corrected chi connectivity index (χ0v) is 19.8. The molecule has 0 amide bonds. The molecule has 7 nitrogen and oxygen atoms in total. The highest BCUT2D eigenvalue weighted by Gasteiger charge is 2.36. The van der Waals surface area contributed by atoms with Gasteiger partial charge in [-0.05, 0) is 41.8 Å². The van der Waals surface area contributed by atoms with Gasteiger partial charge in [-0.1, -0.05) is 35.8 Å². The number of benzene rings is 2. The van der Waals surface area contributed by atoms with Crippen molar-refractivity contribution < 1.29 is 24.8 Å². The summed E-state index contributed by atoms with van der Waals surface area (Å²) in [6.45, 7) is 4.11. The average Bonchev–Trinajstić information content (AvgIpc) is 3.17. The summed E-state index contributed by atoms with van der Waals surface area (Å²) in [5.74, 6) is 11.3. The van der Waals surface area contributed by atoms with Crippen LogP contribution in [0, 0.1) is 36.5 Å². The Kier molecular flexibility index (Phi) is 8.90. The monoisotopic (exact) mass is 474 g/mol. The van der Waals surface area contributed by atoms with E-state index in [-0.39, 0.29) is 11.5 Å². The Balaban J connectivity index is 1.53. The van der Waals surface area contributed by atoms with Gasteiger partial charge in [-0.15, -0.1) is 12.8 Å². The molecule has 1 heterocycles. The van der Waals surface area contributed by atoms with Crippen molar-refractivity contribution in [2.24, 2.45) is 0 Å². The number of hydrogen-bond donors (Lipinski definition) is 4. The van der Waals surface area contributed by atoms with Crippen molar-refractivity contribution in [2.45, 2.75) is 31.7 Å². The van der Waals surface area contributed by atoms with Gasteiger partial charge in [0.2, 0.25) is 0 Å². The first kappa shape index (κ1) is 25.8. The smallest absolute Gasteiger partial charge is 0.259 e. The second-order valence-corrected chi connectivity index (χ2v) is 8.41. The van der Waals surface area contributed by atoms with Crippen molar-refractivity contribution in [1.29, 1.82) is 0 Å². The van der Waals surface area contributed by atoms with Crippen molar-refractivity contribution in [2.75, 3.05) is 32.7 Å². The van der Waals surface area contributed by atoms with Crippen LogP contribution < -0.4 is 14.8 Å². The van der Waals surface area contributed by atoms with E-state index in [0.29, 0.717) is 62.6 Å². The fraction of sp³-hybridized carbons (Fsp3) is 0.357. The van der Waals surface area contributed by atoms with Crippen LogP contribution in [0.2, 0.25) is 0 Å². The van der Waals surface area contributed by atoms with Crippen LogP contribution in [0.4, 0.5) is 0 Å². The fourth-order valence-corrected chi connectivity index (χ4v) is 3.60. The summed E-state index contributed by atoms with van der Waals surface area (Å²) in [7, 11) is 0. The molecule has 182 valence electrons.